The van der Waals surface area contributed by atoms with Gasteiger partial charge in [-0.25, -0.2) is 0 Å². The predicted octanol–water partition coefficient (Wildman–Crippen LogP) is 3.63. The van der Waals surface area contributed by atoms with E-state index in [-0.39, 0.29) is 0 Å². The Balaban J connectivity index is 1.58. The molecule has 2 aromatic rings. The lowest BCUT2D eigenvalue weighted by atomic mass is 9.99. The highest BCUT2D eigenvalue weighted by molar-refractivity contribution is 5.38. The number of rotatable bonds is 2. The number of hydrogen-bond donors (Lipinski definition) is 1. The van der Waals surface area contributed by atoms with Crippen molar-refractivity contribution in [2.75, 3.05) is 0 Å². The zero-order valence-corrected chi connectivity index (χ0v) is 10.3. The van der Waals surface area contributed by atoms with Crippen molar-refractivity contribution >= 4 is 0 Å². The van der Waals surface area contributed by atoms with Crippen molar-refractivity contribution in [3.05, 3.63) is 71.3 Å². The Morgan fingerprint density at radius 2 is 1.67 bits per heavy atom. The summed E-state index contributed by atoms with van der Waals surface area (Å²) in [6, 6.07) is 20.4. The molecule has 0 aromatic heterocycles. The molecule has 1 nitrogen and oxygen atoms in total. The zero-order valence-electron chi connectivity index (χ0n) is 10.3. The van der Waals surface area contributed by atoms with Crippen molar-refractivity contribution in [2.24, 2.45) is 5.92 Å². The van der Waals surface area contributed by atoms with E-state index < -0.39 is 0 Å². The molecule has 18 heavy (non-hydrogen) atoms. The number of benzene rings is 2. The zero-order chi connectivity index (χ0) is 11.9. The van der Waals surface area contributed by atoms with Crippen LogP contribution in [0, 0.1) is 5.92 Å². The number of hydrogen-bond acceptors (Lipinski definition) is 1. The molecule has 1 N–H and O–H groups in total. The maximum Gasteiger partial charge on any atom is 0.0360 e. The van der Waals surface area contributed by atoms with Crippen molar-refractivity contribution < 1.29 is 0 Å². The molecule has 0 amide bonds. The second-order valence-corrected chi connectivity index (χ2v) is 5.47. The minimum absolute atomic E-state index is 0.575. The molecule has 1 aliphatic heterocycles. The molecule has 2 aliphatic rings. The SMILES string of the molecule is c1ccc(C2CC2C2NCc3ccccc32)cc1. The molecule has 4 rings (SSSR count). The average molecular weight is 235 g/mol. The number of nitrogens with one attached hydrogen (secondary N) is 1. The fraction of sp³-hybridized carbons (Fsp3) is 0.294. The van der Waals surface area contributed by atoms with Crippen LogP contribution in [0.5, 0.6) is 0 Å². The topological polar surface area (TPSA) is 12.0 Å². The van der Waals surface area contributed by atoms with E-state index in [1.165, 1.54) is 23.1 Å². The highest BCUT2D eigenvalue weighted by Gasteiger charge is 2.45. The van der Waals surface area contributed by atoms with Crippen molar-refractivity contribution in [3.63, 3.8) is 0 Å². The van der Waals surface area contributed by atoms with Crippen LogP contribution in [0.15, 0.2) is 54.6 Å². The number of fused-ring (bicyclic) bond motifs is 1. The lowest BCUT2D eigenvalue weighted by Crippen LogP contribution is -2.14. The molecule has 2 aromatic carbocycles. The maximum absolute atomic E-state index is 3.68. The van der Waals surface area contributed by atoms with Crippen LogP contribution >= 0.6 is 0 Å². The van der Waals surface area contributed by atoms with E-state index in [9.17, 15) is 0 Å². The van der Waals surface area contributed by atoms with Crippen LogP contribution in [0.3, 0.4) is 0 Å². The average Bonchev–Trinajstić information content (AvgIpc) is 3.12. The van der Waals surface area contributed by atoms with Crippen LogP contribution in [-0.2, 0) is 6.54 Å². The van der Waals surface area contributed by atoms with Gasteiger partial charge in [0, 0.05) is 12.6 Å². The Morgan fingerprint density at radius 1 is 0.889 bits per heavy atom. The van der Waals surface area contributed by atoms with E-state index in [0.29, 0.717) is 6.04 Å². The summed E-state index contributed by atoms with van der Waals surface area (Å²) in [6.45, 7) is 1.04. The van der Waals surface area contributed by atoms with Crippen LogP contribution in [0.1, 0.15) is 35.1 Å². The van der Waals surface area contributed by atoms with Gasteiger partial charge in [0.25, 0.3) is 0 Å². The lowest BCUT2D eigenvalue weighted by molar-refractivity contribution is 0.513. The molecule has 1 saturated carbocycles. The molecule has 1 heteroatoms. The summed E-state index contributed by atoms with van der Waals surface area (Å²) < 4.78 is 0. The molecule has 1 aliphatic carbocycles. The van der Waals surface area contributed by atoms with E-state index in [1.54, 1.807) is 0 Å². The predicted molar refractivity (Wildman–Crippen MR) is 73.3 cm³/mol. The molecule has 0 bridgehead atoms. The van der Waals surface area contributed by atoms with Crippen LogP contribution < -0.4 is 5.32 Å². The van der Waals surface area contributed by atoms with Gasteiger partial charge in [0.1, 0.15) is 0 Å². The summed E-state index contributed by atoms with van der Waals surface area (Å²) in [5.41, 5.74) is 4.52. The van der Waals surface area contributed by atoms with Crippen molar-refractivity contribution in [1.29, 1.82) is 0 Å². The van der Waals surface area contributed by atoms with Gasteiger partial charge in [-0.15, -0.1) is 0 Å². The smallest absolute Gasteiger partial charge is 0.0360 e. The van der Waals surface area contributed by atoms with Crippen LogP contribution in [0.2, 0.25) is 0 Å². The summed E-state index contributed by atoms with van der Waals surface area (Å²) in [4.78, 5) is 0. The van der Waals surface area contributed by atoms with Crippen LogP contribution in [0.25, 0.3) is 0 Å². The van der Waals surface area contributed by atoms with E-state index in [0.717, 1.165) is 18.4 Å². The van der Waals surface area contributed by atoms with Gasteiger partial charge in [0.15, 0.2) is 0 Å². The first-order valence-corrected chi connectivity index (χ1v) is 6.79. The first-order valence-electron chi connectivity index (χ1n) is 6.79. The van der Waals surface area contributed by atoms with Crippen molar-refractivity contribution in [3.8, 4) is 0 Å². The Hall–Kier alpha value is -1.60. The molecule has 0 saturated heterocycles. The minimum atomic E-state index is 0.575. The normalized spacial score (nSPS) is 29.0. The van der Waals surface area contributed by atoms with Gasteiger partial charge in [-0.05, 0) is 34.9 Å². The quantitative estimate of drug-likeness (QED) is 0.838. The summed E-state index contributed by atoms with van der Waals surface area (Å²) in [5, 5.41) is 3.68. The van der Waals surface area contributed by atoms with Gasteiger partial charge >= 0.3 is 0 Å². The largest absolute Gasteiger partial charge is 0.306 e. The molecule has 3 atom stereocenters. The maximum atomic E-state index is 3.68. The van der Waals surface area contributed by atoms with E-state index >= 15 is 0 Å². The lowest BCUT2D eigenvalue weighted by Gasteiger charge is -2.12. The Kier molecular flexibility index (Phi) is 2.27. The molecular formula is C17H17N. The van der Waals surface area contributed by atoms with Crippen molar-refractivity contribution in [2.45, 2.75) is 24.9 Å². The van der Waals surface area contributed by atoms with Gasteiger partial charge in [0.2, 0.25) is 0 Å². The molecule has 1 fully saturated rings. The monoisotopic (exact) mass is 235 g/mol. The van der Waals surface area contributed by atoms with Gasteiger partial charge in [-0.3, -0.25) is 0 Å². The van der Waals surface area contributed by atoms with E-state index in [2.05, 4.69) is 59.9 Å². The molecule has 3 unspecified atom stereocenters. The fourth-order valence-corrected chi connectivity index (χ4v) is 3.38. The molecular weight excluding hydrogens is 218 g/mol. The fourth-order valence-electron chi connectivity index (χ4n) is 3.38. The van der Waals surface area contributed by atoms with Gasteiger partial charge < -0.3 is 5.32 Å². The first kappa shape index (κ1) is 10.3. The van der Waals surface area contributed by atoms with Crippen LogP contribution in [-0.4, -0.2) is 0 Å². The third-order valence-electron chi connectivity index (χ3n) is 4.40. The van der Waals surface area contributed by atoms with Gasteiger partial charge in [-0.1, -0.05) is 54.6 Å². The van der Waals surface area contributed by atoms with E-state index in [4.69, 9.17) is 0 Å². The van der Waals surface area contributed by atoms with E-state index in [1.807, 2.05) is 0 Å². The molecule has 0 radical (unpaired) electrons. The van der Waals surface area contributed by atoms with Crippen LogP contribution in [0.4, 0.5) is 0 Å². The highest BCUT2D eigenvalue weighted by atomic mass is 15.0. The molecule has 0 spiro atoms. The minimum Gasteiger partial charge on any atom is -0.306 e. The third-order valence-corrected chi connectivity index (χ3v) is 4.40. The third kappa shape index (κ3) is 1.58. The first-order chi connectivity index (χ1) is 8.93. The second-order valence-electron chi connectivity index (χ2n) is 5.47. The molecule has 1 heterocycles. The summed E-state index contributed by atoms with van der Waals surface area (Å²) in [7, 11) is 0. The Morgan fingerprint density at radius 3 is 2.56 bits per heavy atom. The Bertz CT molecular complexity index is 561. The molecule has 90 valence electrons. The summed E-state index contributed by atoms with van der Waals surface area (Å²) in [6.07, 6.45) is 1.33. The summed E-state index contributed by atoms with van der Waals surface area (Å²) >= 11 is 0. The van der Waals surface area contributed by atoms with Crippen molar-refractivity contribution in [1.82, 2.24) is 5.32 Å². The highest BCUT2D eigenvalue weighted by Crippen LogP contribution is 2.55. The van der Waals surface area contributed by atoms with Gasteiger partial charge in [-0.2, -0.15) is 0 Å². The Labute approximate surface area is 108 Å². The summed E-state index contributed by atoms with van der Waals surface area (Å²) in [5.74, 6) is 1.55. The second kappa shape index (κ2) is 3.96. The standard InChI is InChI=1S/C17H17N/c1-2-6-12(7-3-1)15-10-16(15)17-14-9-5-4-8-13(14)11-18-17/h1-9,15-18H,10-11H2. The van der Waals surface area contributed by atoms with Gasteiger partial charge in [0.05, 0.1) is 0 Å².